The van der Waals surface area contributed by atoms with E-state index in [1.54, 1.807) is 17.2 Å². The Balaban J connectivity index is 1.98. The molecule has 3 rings (SSSR count). The fourth-order valence-electron chi connectivity index (χ4n) is 2.27. The molecule has 20 heavy (non-hydrogen) atoms. The molecule has 0 saturated carbocycles. The lowest BCUT2D eigenvalue weighted by molar-refractivity contribution is -0.117. The molecule has 0 fully saturated rings. The average molecular weight is 264 g/mol. The third kappa shape index (κ3) is 2.08. The van der Waals surface area contributed by atoms with Gasteiger partial charge in [0.05, 0.1) is 24.5 Å². The summed E-state index contributed by atoms with van der Waals surface area (Å²) in [5.41, 5.74) is 2.86. The topological polar surface area (TPSA) is 69.0 Å². The van der Waals surface area contributed by atoms with Gasteiger partial charge in [-0.05, 0) is 18.2 Å². The molecule has 1 aliphatic rings. The monoisotopic (exact) mass is 264 g/mol. The zero-order chi connectivity index (χ0) is 13.9. The molecule has 0 unspecified atom stereocenters. The number of amides is 1. The smallest absolute Gasteiger partial charge is 0.246 e. The van der Waals surface area contributed by atoms with Gasteiger partial charge in [-0.1, -0.05) is 18.2 Å². The lowest BCUT2D eigenvalue weighted by atomic mass is 10.1. The number of pyridine rings is 1. The number of nitrogens with one attached hydrogen (secondary N) is 1. The third-order valence-electron chi connectivity index (χ3n) is 3.25. The molecule has 2 aromatic rings. The molecule has 2 heterocycles. The van der Waals surface area contributed by atoms with E-state index in [9.17, 15) is 4.79 Å². The number of rotatable bonds is 2. The van der Waals surface area contributed by atoms with Gasteiger partial charge in [-0.15, -0.1) is 0 Å². The highest BCUT2D eigenvalue weighted by Crippen LogP contribution is 2.30. The lowest BCUT2D eigenvalue weighted by Gasteiger charge is -2.30. The highest BCUT2D eigenvalue weighted by molar-refractivity contribution is 6.02. The SMILES string of the molecule is N#Cc1ncccc1CN1C(=O)CNc2ccccc21. The number of nitriles is 1. The van der Waals surface area contributed by atoms with Crippen molar-refractivity contribution in [3.63, 3.8) is 0 Å². The maximum Gasteiger partial charge on any atom is 0.246 e. The summed E-state index contributed by atoms with van der Waals surface area (Å²) in [7, 11) is 0. The van der Waals surface area contributed by atoms with Crippen molar-refractivity contribution in [1.29, 1.82) is 5.26 Å². The van der Waals surface area contributed by atoms with Gasteiger partial charge >= 0.3 is 0 Å². The van der Waals surface area contributed by atoms with E-state index in [1.165, 1.54) is 0 Å². The number of nitrogens with zero attached hydrogens (tertiary/aromatic N) is 3. The van der Waals surface area contributed by atoms with Gasteiger partial charge in [0, 0.05) is 11.8 Å². The molecule has 0 bridgehead atoms. The molecule has 5 nitrogen and oxygen atoms in total. The van der Waals surface area contributed by atoms with E-state index in [4.69, 9.17) is 5.26 Å². The Labute approximate surface area is 116 Å². The molecule has 1 aliphatic heterocycles. The number of carbonyl (C=O) groups is 1. The number of benzene rings is 1. The summed E-state index contributed by atoms with van der Waals surface area (Å²) in [5.74, 6) is -0.0172. The minimum absolute atomic E-state index is 0.0172. The molecule has 0 radical (unpaired) electrons. The van der Waals surface area contributed by atoms with Gasteiger partial charge in [-0.3, -0.25) is 4.79 Å². The maximum atomic E-state index is 12.1. The van der Waals surface area contributed by atoms with Crippen molar-refractivity contribution in [2.24, 2.45) is 0 Å². The van der Waals surface area contributed by atoms with Crippen molar-refractivity contribution < 1.29 is 4.79 Å². The minimum atomic E-state index is -0.0172. The number of hydrogen-bond donors (Lipinski definition) is 1. The molecule has 5 heteroatoms. The molecule has 0 aliphatic carbocycles. The van der Waals surface area contributed by atoms with Crippen LogP contribution in [0.25, 0.3) is 0 Å². The minimum Gasteiger partial charge on any atom is -0.374 e. The van der Waals surface area contributed by atoms with Crippen molar-refractivity contribution in [3.05, 3.63) is 53.9 Å². The second-order valence-electron chi connectivity index (χ2n) is 4.47. The Bertz CT molecular complexity index is 705. The van der Waals surface area contributed by atoms with E-state index in [-0.39, 0.29) is 12.5 Å². The standard InChI is InChI=1S/C15H12N4O/c16-8-13-11(4-3-7-17-13)10-19-14-6-2-1-5-12(14)18-9-15(19)20/h1-7,18H,9-10H2. The predicted molar refractivity (Wildman–Crippen MR) is 75.1 cm³/mol. The van der Waals surface area contributed by atoms with Gasteiger partial charge < -0.3 is 10.2 Å². The van der Waals surface area contributed by atoms with Crippen LogP contribution in [0, 0.1) is 11.3 Å². The van der Waals surface area contributed by atoms with Gasteiger partial charge in [-0.2, -0.15) is 5.26 Å². The number of aromatic nitrogens is 1. The van der Waals surface area contributed by atoms with Crippen LogP contribution >= 0.6 is 0 Å². The molecule has 0 atom stereocenters. The maximum absolute atomic E-state index is 12.1. The van der Waals surface area contributed by atoms with Crippen LogP contribution in [0.3, 0.4) is 0 Å². The van der Waals surface area contributed by atoms with E-state index in [0.717, 1.165) is 16.9 Å². The van der Waals surface area contributed by atoms with Crippen molar-refractivity contribution >= 4 is 17.3 Å². The van der Waals surface area contributed by atoms with Gasteiger partial charge in [0.2, 0.25) is 5.91 Å². The predicted octanol–water partition coefficient (Wildman–Crippen LogP) is 1.91. The molecule has 0 saturated heterocycles. The zero-order valence-corrected chi connectivity index (χ0v) is 10.7. The first-order valence-electron chi connectivity index (χ1n) is 6.27. The summed E-state index contributed by atoms with van der Waals surface area (Å²) in [6.07, 6.45) is 1.58. The molecular weight excluding hydrogens is 252 g/mol. The largest absolute Gasteiger partial charge is 0.374 e. The van der Waals surface area contributed by atoms with Gasteiger partial charge in [-0.25, -0.2) is 4.98 Å². The number of anilines is 2. The van der Waals surface area contributed by atoms with Crippen LogP contribution in [0.15, 0.2) is 42.6 Å². The Hall–Kier alpha value is -2.87. The summed E-state index contributed by atoms with van der Waals surface area (Å²) in [6.45, 7) is 0.618. The van der Waals surface area contributed by atoms with E-state index < -0.39 is 0 Å². The first-order valence-corrected chi connectivity index (χ1v) is 6.27. The molecular formula is C15H12N4O. The molecule has 1 N–H and O–H groups in total. The van der Waals surface area contributed by atoms with E-state index in [0.29, 0.717) is 12.2 Å². The van der Waals surface area contributed by atoms with E-state index >= 15 is 0 Å². The van der Waals surface area contributed by atoms with E-state index in [1.807, 2.05) is 30.3 Å². The quantitative estimate of drug-likeness (QED) is 0.899. The molecule has 1 aromatic carbocycles. The number of para-hydroxylation sites is 2. The first kappa shape index (κ1) is 12.2. The summed E-state index contributed by atoms with van der Waals surface area (Å²) in [6, 6.07) is 13.3. The summed E-state index contributed by atoms with van der Waals surface area (Å²) in [5, 5.41) is 12.2. The van der Waals surface area contributed by atoms with Crippen LogP contribution in [0.4, 0.5) is 11.4 Å². The van der Waals surface area contributed by atoms with Crippen molar-refractivity contribution in [1.82, 2.24) is 4.98 Å². The summed E-state index contributed by atoms with van der Waals surface area (Å²) >= 11 is 0. The molecule has 98 valence electrons. The highest BCUT2D eigenvalue weighted by Gasteiger charge is 2.24. The second kappa shape index (κ2) is 5.02. The van der Waals surface area contributed by atoms with Gasteiger partial charge in [0.15, 0.2) is 0 Å². The van der Waals surface area contributed by atoms with Gasteiger partial charge in [0.1, 0.15) is 11.8 Å². The molecule has 1 amide bonds. The fraction of sp³-hybridized carbons (Fsp3) is 0.133. The van der Waals surface area contributed by atoms with Crippen LogP contribution in [0.2, 0.25) is 0 Å². The molecule has 1 aromatic heterocycles. The van der Waals surface area contributed by atoms with Gasteiger partial charge in [0.25, 0.3) is 0 Å². The Kier molecular flexibility index (Phi) is 3.05. The normalized spacial score (nSPS) is 13.3. The Morgan fingerprint density at radius 2 is 2.15 bits per heavy atom. The molecule has 0 spiro atoms. The fourth-order valence-corrected chi connectivity index (χ4v) is 2.27. The van der Waals surface area contributed by atoms with Crippen LogP contribution in [0.5, 0.6) is 0 Å². The second-order valence-corrected chi connectivity index (χ2v) is 4.47. The lowest BCUT2D eigenvalue weighted by Crippen LogP contribution is -2.39. The Morgan fingerprint density at radius 1 is 1.30 bits per heavy atom. The van der Waals surface area contributed by atoms with Crippen molar-refractivity contribution in [2.45, 2.75) is 6.54 Å². The number of hydrogen-bond acceptors (Lipinski definition) is 4. The van der Waals surface area contributed by atoms with Crippen LogP contribution in [-0.2, 0) is 11.3 Å². The van der Waals surface area contributed by atoms with Crippen LogP contribution in [-0.4, -0.2) is 17.4 Å². The Morgan fingerprint density at radius 3 is 3.00 bits per heavy atom. The van der Waals surface area contributed by atoms with E-state index in [2.05, 4.69) is 16.4 Å². The zero-order valence-electron chi connectivity index (χ0n) is 10.7. The summed E-state index contributed by atoms with van der Waals surface area (Å²) in [4.78, 5) is 17.8. The van der Waals surface area contributed by atoms with Crippen LogP contribution in [0.1, 0.15) is 11.3 Å². The highest BCUT2D eigenvalue weighted by atomic mass is 16.2. The number of fused-ring (bicyclic) bond motifs is 1. The average Bonchev–Trinajstić information content (AvgIpc) is 2.50. The van der Waals surface area contributed by atoms with Crippen molar-refractivity contribution in [3.8, 4) is 6.07 Å². The first-order chi connectivity index (χ1) is 9.79. The third-order valence-corrected chi connectivity index (χ3v) is 3.25. The summed E-state index contributed by atoms with van der Waals surface area (Å²) < 4.78 is 0. The van der Waals surface area contributed by atoms with Crippen LogP contribution < -0.4 is 10.2 Å². The number of carbonyl (C=O) groups excluding carboxylic acids is 1. The van der Waals surface area contributed by atoms with Crippen molar-refractivity contribution in [2.75, 3.05) is 16.8 Å².